The van der Waals surface area contributed by atoms with Crippen LogP contribution in [0, 0.1) is 29.1 Å². The third-order valence-electron chi connectivity index (χ3n) is 6.93. The largest absolute Gasteiger partial charge is 0.507 e. The van der Waals surface area contributed by atoms with Gasteiger partial charge in [-0.1, -0.05) is 49.1 Å². The molecular formula is C31H30F5O5PSi. The van der Waals surface area contributed by atoms with Crippen LogP contribution in [0.4, 0.5) is 22.0 Å². The summed E-state index contributed by atoms with van der Waals surface area (Å²) in [5.41, 5.74) is -1.78. The van der Waals surface area contributed by atoms with Crippen molar-refractivity contribution in [1.82, 2.24) is 0 Å². The van der Waals surface area contributed by atoms with E-state index in [1.54, 1.807) is 42.5 Å². The van der Waals surface area contributed by atoms with Gasteiger partial charge in [0.1, 0.15) is 28.7 Å². The van der Waals surface area contributed by atoms with Crippen molar-refractivity contribution in [3.05, 3.63) is 77.6 Å². The minimum absolute atomic E-state index is 0.138. The highest BCUT2D eigenvalue weighted by Gasteiger charge is 2.36. The van der Waals surface area contributed by atoms with Crippen molar-refractivity contribution in [3.63, 3.8) is 0 Å². The number of benzene rings is 4. The van der Waals surface area contributed by atoms with Gasteiger partial charge in [0.2, 0.25) is 5.82 Å². The smallest absolute Gasteiger partial charge is 0.200 e. The van der Waals surface area contributed by atoms with Gasteiger partial charge in [0.15, 0.2) is 23.3 Å². The number of phenols is 1. The van der Waals surface area contributed by atoms with E-state index in [0.717, 1.165) is 0 Å². The van der Waals surface area contributed by atoms with Crippen LogP contribution in [0.1, 0.15) is 0 Å². The van der Waals surface area contributed by atoms with Crippen molar-refractivity contribution >= 4 is 37.1 Å². The molecule has 0 saturated carbocycles. The normalized spacial score (nSPS) is 11.6. The van der Waals surface area contributed by atoms with Gasteiger partial charge in [-0.3, -0.25) is 0 Å². The van der Waals surface area contributed by atoms with Crippen LogP contribution in [0.5, 0.6) is 28.7 Å². The summed E-state index contributed by atoms with van der Waals surface area (Å²) >= 11 is 0. The van der Waals surface area contributed by atoms with Crippen LogP contribution in [0.3, 0.4) is 0 Å². The Morgan fingerprint density at radius 1 is 0.605 bits per heavy atom. The topological polar surface area (TPSA) is 57.2 Å². The number of hydrogen-bond acceptors (Lipinski definition) is 5. The third-order valence-corrected chi connectivity index (χ3v) is 11.5. The molecule has 0 saturated heterocycles. The van der Waals surface area contributed by atoms with Crippen LogP contribution in [0.2, 0.25) is 19.6 Å². The molecule has 43 heavy (non-hydrogen) atoms. The van der Waals surface area contributed by atoms with Crippen LogP contribution in [0.25, 0.3) is 11.1 Å². The Labute approximate surface area is 248 Å². The molecule has 0 unspecified atom stereocenters. The standard InChI is InChI=1S/C31H30F5O5PSi/c1-38-18-10-8-11-19(39-2)30(18)42(31-20(40-3)12-9-13-21(31)41-4)22-15-16(43(5,6)7)14-17(29(22)37)23-24(32)26(34)28(36)27(35)25(23)33/h8-15,37H,1-7H3. The van der Waals surface area contributed by atoms with Gasteiger partial charge >= 0.3 is 0 Å². The Balaban J connectivity index is 2.28. The maximum atomic E-state index is 15.3. The van der Waals surface area contributed by atoms with Crippen LogP contribution in [0.15, 0.2) is 48.5 Å². The van der Waals surface area contributed by atoms with E-state index < -0.39 is 62.0 Å². The first-order valence-electron chi connectivity index (χ1n) is 12.9. The number of halogens is 5. The molecule has 228 valence electrons. The van der Waals surface area contributed by atoms with Gasteiger partial charge in [-0.25, -0.2) is 22.0 Å². The summed E-state index contributed by atoms with van der Waals surface area (Å²) < 4.78 is 96.3. The molecule has 0 aliphatic rings. The predicted octanol–water partition coefficient (Wildman–Crippen LogP) is 6.09. The summed E-state index contributed by atoms with van der Waals surface area (Å²) in [6, 6.07) is 13.1. The number of aromatic hydroxyl groups is 1. The highest BCUT2D eigenvalue weighted by atomic mass is 31.1. The van der Waals surface area contributed by atoms with E-state index in [0.29, 0.717) is 38.8 Å². The lowest BCUT2D eigenvalue weighted by molar-refractivity contribution is 0.380. The average molecular weight is 637 g/mol. The highest BCUT2D eigenvalue weighted by molar-refractivity contribution is 7.80. The van der Waals surface area contributed by atoms with Gasteiger partial charge in [-0.05, 0) is 24.3 Å². The zero-order valence-corrected chi connectivity index (χ0v) is 26.4. The van der Waals surface area contributed by atoms with E-state index in [1.165, 1.54) is 34.5 Å². The molecule has 0 aromatic heterocycles. The molecule has 4 aromatic rings. The minimum Gasteiger partial charge on any atom is -0.507 e. The Morgan fingerprint density at radius 3 is 1.33 bits per heavy atom. The van der Waals surface area contributed by atoms with Crippen molar-refractivity contribution in [2.45, 2.75) is 19.6 Å². The molecule has 4 rings (SSSR count). The Kier molecular flexibility index (Phi) is 9.27. The summed E-state index contributed by atoms with van der Waals surface area (Å²) in [5, 5.41) is 13.5. The fourth-order valence-electron chi connectivity index (χ4n) is 4.71. The monoisotopic (exact) mass is 636 g/mol. The molecule has 0 heterocycles. The highest BCUT2D eigenvalue weighted by Crippen LogP contribution is 2.49. The zero-order valence-electron chi connectivity index (χ0n) is 24.5. The van der Waals surface area contributed by atoms with E-state index in [1.807, 2.05) is 19.6 Å². The molecule has 5 nitrogen and oxygen atoms in total. The number of ether oxygens (including phenoxy) is 4. The first-order chi connectivity index (χ1) is 20.3. The molecule has 0 atom stereocenters. The van der Waals surface area contributed by atoms with Crippen molar-refractivity contribution in [2.75, 3.05) is 28.4 Å². The molecule has 12 heteroatoms. The molecule has 0 aliphatic heterocycles. The van der Waals surface area contributed by atoms with Crippen LogP contribution >= 0.6 is 7.92 Å². The molecule has 0 aliphatic carbocycles. The lowest BCUT2D eigenvalue weighted by atomic mass is 10.0. The first-order valence-corrected chi connectivity index (χ1v) is 17.8. The van der Waals surface area contributed by atoms with E-state index in [9.17, 15) is 18.3 Å². The van der Waals surface area contributed by atoms with Crippen LogP contribution in [-0.2, 0) is 0 Å². The Bertz CT molecular complexity index is 1560. The van der Waals surface area contributed by atoms with Crippen molar-refractivity contribution < 1.29 is 46.0 Å². The van der Waals surface area contributed by atoms with Gasteiger partial charge < -0.3 is 24.1 Å². The molecule has 0 fully saturated rings. The van der Waals surface area contributed by atoms with E-state index in [4.69, 9.17) is 18.9 Å². The molecule has 0 bridgehead atoms. The molecule has 0 spiro atoms. The second-order valence-corrected chi connectivity index (χ2v) is 17.6. The van der Waals surface area contributed by atoms with Gasteiger partial charge in [0.25, 0.3) is 0 Å². The maximum absolute atomic E-state index is 15.3. The quantitative estimate of drug-likeness (QED) is 0.0793. The first kappa shape index (κ1) is 32.1. The summed E-state index contributed by atoms with van der Waals surface area (Å²) in [6.45, 7) is 5.84. The van der Waals surface area contributed by atoms with Gasteiger partial charge in [-0.2, -0.15) is 0 Å². The number of phenolic OH excluding ortho intramolecular Hbond substituents is 1. The lowest BCUT2D eigenvalue weighted by Gasteiger charge is -2.29. The molecular weight excluding hydrogens is 606 g/mol. The molecule has 1 N–H and O–H groups in total. The summed E-state index contributed by atoms with van der Waals surface area (Å²) in [4.78, 5) is 0. The minimum atomic E-state index is -2.39. The van der Waals surface area contributed by atoms with Crippen molar-refractivity contribution in [1.29, 1.82) is 0 Å². The second-order valence-electron chi connectivity index (χ2n) is 10.4. The Morgan fingerprint density at radius 2 is 0.977 bits per heavy atom. The second kappa shape index (κ2) is 12.4. The summed E-state index contributed by atoms with van der Waals surface area (Å²) in [5.74, 6) is -9.90. The van der Waals surface area contributed by atoms with Crippen LogP contribution in [-0.4, -0.2) is 41.6 Å². The SMILES string of the molecule is COc1cccc(OC)c1P(c1cc([Si](C)(C)C)cc(-c2c(F)c(F)c(F)c(F)c2F)c1O)c1c(OC)cccc1OC. The molecule has 0 amide bonds. The maximum Gasteiger partial charge on any atom is 0.200 e. The lowest BCUT2D eigenvalue weighted by Crippen LogP contribution is -2.40. The van der Waals surface area contributed by atoms with Gasteiger partial charge in [0, 0.05) is 18.8 Å². The van der Waals surface area contributed by atoms with E-state index in [2.05, 4.69) is 0 Å². The molecule has 4 aromatic carbocycles. The van der Waals surface area contributed by atoms with E-state index >= 15 is 8.78 Å². The predicted molar refractivity (Wildman–Crippen MR) is 161 cm³/mol. The number of hydrogen-bond donors (Lipinski definition) is 1. The van der Waals surface area contributed by atoms with Crippen molar-refractivity contribution in [3.8, 4) is 39.9 Å². The van der Waals surface area contributed by atoms with Crippen LogP contribution < -0.4 is 40.0 Å². The van der Waals surface area contributed by atoms with Gasteiger partial charge in [-0.15, -0.1) is 0 Å². The molecule has 0 radical (unpaired) electrons. The number of methoxy groups -OCH3 is 4. The fraction of sp³-hybridized carbons (Fsp3) is 0.226. The summed E-state index contributed by atoms with van der Waals surface area (Å²) in [7, 11) is 1.38. The van der Waals surface area contributed by atoms with E-state index in [-0.39, 0.29) is 5.30 Å². The zero-order chi connectivity index (χ0) is 31.8. The Hall–Kier alpha value is -3.82. The number of rotatable bonds is 9. The fourth-order valence-corrected chi connectivity index (χ4v) is 8.84. The van der Waals surface area contributed by atoms with Gasteiger partial charge in [0.05, 0.1) is 52.7 Å². The summed E-state index contributed by atoms with van der Waals surface area (Å²) in [6.07, 6.45) is 0. The average Bonchev–Trinajstić information content (AvgIpc) is 2.99. The van der Waals surface area contributed by atoms with Crippen molar-refractivity contribution in [2.24, 2.45) is 0 Å². The third kappa shape index (κ3) is 5.63.